The third-order valence-corrected chi connectivity index (χ3v) is 3.12. The molecule has 25 heavy (non-hydrogen) atoms. The van der Waals surface area contributed by atoms with Gasteiger partial charge >= 0.3 is 18.6 Å². The normalized spacial score (nSPS) is 9.04. The Morgan fingerprint density at radius 1 is 1.08 bits per heavy atom. The van der Waals surface area contributed by atoms with E-state index in [1.807, 2.05) is 18.2 Å². The Hall–Kier alpha value is -2.29. The van der Waals surface area contributed by atoms with Crippen LogP contribution in [0.2, 0.25) is 5.02 Å². The number of nitrogens with one attached hydrogen (secondary N) is 1. The number of carbonyl (C=O) groups excluding carboxylic acids is 1. The second-order valence-electron chi connectivity index (χ2n) is 4.41. The van der Waals surface area contributed by atoms with Crippen molar-refractivity contribution in [2.75, 3.05) is 0 Å². The topological polar surface area (TPSA) is 137 Å². The molecule has 0 bridgehead atoms. The van der Waals surface area contributed by atoms with Crippen LogP contribution in [0.25, 0.3) is 10.9 Å². The van der Waals surface area contributed by atoms with Gasteiger partial charge in [-0.1, -0.05) is 53.4 Å². The average molecular weight is 398 g/mol. The summed E-state index contributed by atoms with van der Waals surface area (Å²) in [5, 5.41) is 31.5. The predicted octanol–water partition coefficient (Wildman–Crippen LogP) is 1.72. The molecule has 0 unspecified atom stereocenters. The molecule has 3 rings (SSSR count). The maximum absolute atomic E-state index is 11.1. The van der Waals surface area contributed by atoms with Crippen LogP contribution in [-0.4, -0.2) is 16.1 Å². The predicted molar refractivity (Wildman–Crippen MR) is 82.0 cm³/mol. The first kappa shape index (κ1) is 22.7. The Morgan fingerprint density at radius 3 is 2.40 bits per heavy atom. The molecular formula is C16H11ClN2O5V. The van der Waals surface area contributed by atoms with E-state index >= 15 is 0 Å². The minimum Gasteiger partial charge on any atom is -2.00 e. The molecule has 1 aromatic heterocycles. The summed E-state index contributed by atoms with van der Waals surface area (Å²) in [6.45, 7) is 0. The zero-order chi connectivity index (χ0) is 16.8. The van der Waals surface area contributed by atoms with Gasteiger partial charge in [0.1, 0.15) is 0 Å². The van der Waals surface area contributed by atoms with E-state index in [0.717, 1.165) is 11.5 Å². The molecule has 2 aromatic carbocycles. The van der Waals surface area contributed by atoms with E-state index < -0.39 is 11.7 Å². The maximum atomic E-state index is 11.1. The molecule has 0 fully saturated rings. The molecule has 127 valence electrons. The summed E-state index contributed by atoms with van der Waals surface area (Å²) in [5.41, 5.74) is 1.73. The van der Waals surface area contributed by atoms with Gasteiger partial charge in [0.25, 0.3) is 5.91 Å². The quantitative estimate of drug-likeness (QED) is 0.475. The van der Waals surface area contributed by atoms with Gasteiger partial charge in [0.05, 0.1) is 5.52 Å². The summed E-state index contributed by atoms with van der Waals surface area (Å²) in [6, 6.07) is 12.6. The second kappa shape index (κ2) is 10.6. The molecule has 2 N–H and O–H groups in total. The molecule has 0 saturated heterocycles. The Balaban J connectivity index is 0.000000427. The molecular weight excluding hydrogens is 387 g/mol. The van der Waals surface area contributed by atoms with Gasteiger partial charge < -0.3 is 15.7 Å². The van der Waals surface area contributed by atoms with Crippen LogP contribution >= 0.6 is 11.6 Å². The van der Waals surface area contributed by atoms with Gasteiger partial charge in [-0.25, -0.2) is 5.48 Å². The van der Waals surface area contributed by atoms with Crippen LogP contribution in [0.5, 0.6) is 11.5 Å². The van der Waals surface area contributed by atoms with Crippen molar-refractivity contribution in [3.63, 3.8) is 0 Å². The molecule has 3 aromatic rings. The van der Waals surface area contributed by atoms with Crippen molar-refractivity contribution in [2.24, 2.45) is 0 Å². The summed E-state index contributed by atoms with van der Waals surface area (Å²) >= 11 is 5.52. The fourth-order valence-corrected chi connectivity index (χ4v) is 1.99. The molecule has 0 aliphatic carbocycles. The van der Waals surface area contributed by atoms with Crippen molar-refractivity contribution in [2.45, 2.75) is 0 Å². The molecule has 1 amide bonds. The van der Waals surface area contributed by atoms with Gasteiger partial charge in [0.2, 0.25) is 0 Å². The number of rotatable bonds is 1. The zero-order valence-corrected chi connectivity index (χ0v) is 14.7. The summed E-state index contributed by atoms with van der Waals surface area (Å²) in [4.78, 5) is 14.7. The molecule has 7 nitrogen and oxygen atoms in total. The number of nitrogens with zero attached hydrogens (tertiary/aromatic N) is 1. The number of hydrogen-bond donors (Lipinski definition) is 2. The fourth-order valence-electron chi connectivity index (χ4n) is 1.82. The van der Waals surface area contributed by atoms with Gasteiger partial charge in [-0.15, -0.1) is 0 Å². The van der Waals surface area contributed by atoms with Crippen molar-refractivity contribution < 1.29 is 44.2 Å². The van der Waals surface area contributed by atoms with Crippen LogP contribution in [0, 0.1) is 0 Å². The maximum Gasteiger partial charge on any atom is 4.00 e. The first-order valence-electron chi connectivity index (χ1n) is 6.44. The van der Waals surface area contributed by atoms with E-state index in [-0.39, 0.29) is 40.4 Å². The molecule has 0 spiro atoms. The van der Waals surface area contributed by atoms with Crippen molar-refractivity contribution in [3.8, 4) is 11.5 Å². The van der Waals surface area contributed by atoms with Gasteiger partial charge in [0, 0.05) is 16.8 Å². The number of amides is 1. The molecule has 0 aliphatic heterocycles. The molecule has 0 atom stereocenters. The first-order chi connectivity index (χ1) is 11.0. The fraction of sp³-hybridized carbons (Fsp3) is 0. The number of hydrogen-bond acceptors (Lipinski definition) is 5. The summed E-state index contributed by atoms with van der Waals surface area (Å²) in [5.74, 6) is -1.35. The van der Waals surface area contributed by atoms with Gasteiger partial charge in [-0.3, -0.25) is 15.0 Å². The van der Waals surface area contributed by atoms with Gasteiger partial charge in [-0.05, 0) is 23.6 Å². The Kier molecular flexibility index (Phi) is 9.59. The van der Waals surface area contributed by atoms with Crippen LogP contribution in [0.1, 0.15) is 10.4 Å². The molecule has 0 saturated carbocycles. The van der Waals surface area contributed by atoms with Gasteiger partial charge in [0.15, 0.2) is 0 Å². The second-order valence-corrected chi connectivity index (χ2v) is 4.85. The smallest absolute Gasteiger partial charge is 2.00 e. The van der Waals surface area contributed by atoms with Crippen LogP contribution in [0.4, 0.5) is 0 Å². The largest absolute Gasteiger partial charge is 4.00 e. The molecule has 9 heteroatoms. The van der Waals surface area contributed by atoms with E-state index in [1.54, 1.807) is 12.3 Å². The van der Waals surface area contributed by atoms with Crippen molar-refractivity contribution >= 4 is 28.4 Å². The number of pyridine rings is 1. The Bertz CT molecular complexity index is 842. The van der Waals surface area contributed by atoms with Crippen molar-refractivity contribution in [1.82, 2.24) is 10.5 Å². The standard InChI is InChI=1S/C9H7NO.C7H6ClNO3.O.V/c11-8-5-1-3-7-4-2-6-10-9(7)8;8-4-1-2-6(10)5(3-4)7(11)9-12;;/h1-6,11H;1-3,10,12H,(H,9,11);;/q;;-2;+4/p-2. The van der Waals surface area contributed by atoms with Crippen molar-refractivity contribution in [1.29, 1.82) is 0 Å². The SMILES string of the molecule is O=C(NO)c1cc(Cl)ccc1[O-].[O-2].[O-]c1cccc2cccnc12.[V+4]. The number of carbonyl (C=O) groups is 1. The minimum atomic E-state index is -0.859. The average Bonchev–Trinajstić information content (AvgIpc) is 2.57. The number of aromatic nitrogens is 1. The number of benzene rings is 2. The minimum absolute atomic E-state index is 0. The first-order valence-corrected chi connectivity index (χ1v) is 6.82. The Labute approximate surface area is 160 Å². The van der Waals surface area contributed by atoms with E-state index in [2.05, 4.69) is 4.98 Å². The number of fused-ring (bicyclic) bond motifs is 1. The van der Waals surface area contributed by atoms with Gasteiger partial charge in [-0.2, -0.15) is 0 Å². The van der Waals surface area contributed by atoms with E-state index in [1.165, 1.54) is 23.7 Å². The van der Waals surface area contributed by atoms with Crippen LogP contribution in [-0.2, 0) is 24.0 Å². The summed E-state index contributed by atoms with van der Waals surface area (Å²) in [6.07, 6.45) is 1.63. The summed E-state index contributed by atoms with van der Waals surface area (Å²) in [7, 11) is 0. The molecule has 1 heterocycles. The van der Waals surface area contributed by atoms with Crippen LogP contribution in [0.3, 0.4) is 0 Å². The number of para-hydroxylation sites is 1. The number of halogens is 1. The third kappa shape index (κ3) is 5.93. The van der Waals surface area contributed by atoms with Crippen LogP contribution in [0.15, 0.2) is 54.7 Å². The van der Waals surface area contributed by atoms with Crippen LogP contribution < -0.4 is 15.7 Å². The molecule has 1 radical (unpaired) electrons. The Morgan fingerprint density at radius 2 is 1.76 bits per heavy atom. The van der Waals surface area contributed by atoms with Crippen molar-refractivity contribution in [3.05, 3.63) is 65.3 Å². The zero-order valence-electron chi connectivity index (χ0n) is 12.5. The van der Waals surface area contributed by atoms with E-state index in [9.17, 15) is 15.0 Å². The molecule has 0 aliphatic rings. The summed E-state index contributed by atoms with van der Waals surface area (Å²) < 4.78 is 0. The third-order valence-electron chi connectivity index (χ3n) is 2.88. The van der Waals surface area contributed by atoms with E-state index in [0.29, 0.717) is 5.52 Å². The van der Waals surface area contributed by atoms with E-state index in [4.69, 9.17) is 16.8 Å². The monoisotopic (exact) mass is 397 g/mol. The number of hydroxylamine groups is 1.